The SMILES string of the molecule is Cc1c([N+](=O)[O-])ccc2cc(C(C)C)c(Cl)nc12. The summed E-state index contributed by atoms with van der Waals surface area (Å²) in [7, 11) is 0. The van der Waals surface area contributed by atoms with Gasteiger partial charge in [0.05, 0.1) is 16.0 Å². The molecule has 18 heavy (non-hydrogen) atoms. The smallest absolute Gasteiger partial charge is 0.258 e. The van der Waals surface area contributed by atoms with Crippen molar-refractivity contribution < 1.29 is 4.92 Å². The number of hydrogen-bond donors (Lipinski definition) is 0. The molecule has 94 valence electrons. The van der Waals surface area contributed by atoms with Gasteiger partial charge in [0.1, 0.15) is 5.15 Å². The van der Waals surface area contributed by atoms with Gasteiger partial charge in [-0.25, -0.2) is 4.98 Å². The van der Waals surface area contributed by atoms with Crippen LogP contribution in [0.15, 0.2) is 18.2 Å². The minimum atomic E-state index is -0.402. The Kier molecular flexibility index (Phi) is 3.22. The topological polar surface area (TPSA) is 56.0 Å². The molecule has 4 nitrogen and oxygen atoms in total. The molecule has 0 bridgehead atoms. The summed E-state index contributed by atoms with van der Waals surface area (Å²) in [5, 5.41) is 12.2. The van der Waals surface area contributed by atoms with Crippen molar-refractivity contribution in [2.24, 2.45) is 0 Å². The average Bonchev–Trinajstić information content (AvgIpc) is 2.28. The van der Waals surface area contributed by atoms with E-state index in [1.807, 2.05) is 19.9 Å². The molecular formula is C13H13ClN2O2. The van der Waals surface area contributed by atoms with Crippen LogP contribution < -0.4 is 0 Å². The standard InChI is InChI=1S/C13H13ClN2O2/c1-7(2)10-6-9-4-5-11(16(17)18)8(3)12(9)15-13(10)14/h4-7H,1-3H3. The fourth-order valence-electron chi connectivity index (χ4n) is 1.97. The van der Waals surface area contributed by atoms with Crippen LogP contribution in [0.3, 0.4) is 0 Å². The van der Waals surface area contributed by atoms with Gasteiger partial charge < -0.3 is 0 Å². The van der Waals surface area contributed by atoms with E-state index in [2.05, 4.69) is 4.98 Å². The van der Waals surface area contributed by atoms with E-state index in [1.54, 1.807) is 13.0 Å². The van der Waals surface area contributed by atoms with Crippen LogP contribution in [0.2, 0.25) is 5.15 Å². The van der Waals surface area contributed by atoms with Crippen molar-refractivity contribution in [3.63, 3.8) is 0 Å². The first-order valence-electron chi connectivity index (χ1n) is 5.66. The van der Waals surface area contributed by atoms with Crippen molar-refractivity contribution in [1.82, 2.24) is 4.98 Å². The lowest BCUT2D eigenvalue weighted by atomic mass is 10.0. The fraction of sp³-hybridized carbons (Fsp3) is 0.308. The first-order valence-corrected chi connectivity index (χ1v) is 6.03. The molecule has 2 aromatic rings. The molecule has 0 radical (unpaired) electrons. The van der Waals surface area contributed by atoms with E-state index in [0.717, 1.165) is 10.9 Å². The molecule has 2 rings (SSSR count). The molecule has 0 aliphatic carbocycles. The number of aryl methyl sites for hydroxylation is 1. The first-order chi connectivity index (χ1) is 8.41. The molecular weight excluding hydrogens is 252 g/mol. The summed E-state index contributed by atoms with van der Waals surface area (Å²) in [5.41, 5.74) is 2.18. The quantitative estimate of drug-likeness (QED) is 0.463. The number of nitrogens with zero attached hydrogens (tertiary/aromatic N) is 2. The Morgan fingerprint density at radius 2 is 2.06 bits per heavy atom. The molecule has 0 N–H and O–H groups in total. The van der Waals surface area contributed by atoms with Crippen molar-refractivity contribution in [1.29, 1.82) is 0 Å². The Morgan fingerprint density at radius 3 is 2.61 bits per heavy atom. The second kappa shape index (κ2) is 4.53. The summed E-state index contributed by atoms with van der Waals surface area (Å²) in [4.78, 5) is 14.8. The van der Waals surface area contributed by atoms with Crippen molar-refractivity contribution in [2.75, 3.05) is 0 Å². The van der Waals surface area contributed by atoms with Crippen LogP contribution in [-0.4, -0.2) is 9.91 Å². The number of fused-ring (bicyclic) bond motifs is 1. The third-order valence-electron chi connectivity index (χ3n) is 3.01. The number of halogens is 1. The largest absolute Gasteiger partial charge is 0.274 e. The summed E-state index contributed by atoms with van der Waals surface area (Å²) < 4.78 is 0. The molecule has 0 unspecified atom stereocenters. The van der Waals surface area contributed by atoms with Crippen molar-refractivity contribution in [3.8, 4) is 0 Å². The minimum absolute atomic E-state index is 0.0726. The van der Waals surface area contributed by atoms with Crippen molar-refractivity contribution in [3.05, 3.63) is 44.6 Å². The van der Waals surface area contributed by atoms with Gasteiger partial charge in [0.25, 0.3) is 5.69 Å². The molecule has 0 amide bonds. The average molecular weight is 265 g/mol. The zero-order chi connectivity index (χ0) is 13.4. The Balaban J connectivity index is 2.77. The fourth-order valence-corrected chi connectivity index (χ4v) is 2.33. The van der Waals surface area contributed by atoms with Crippen LogP contribution >= 0.6 is 11.6 Å². The molecule has 0 spiro atoms. The third-order valence-corrected chi connectivity index (χ3v) is 3.31. The molecule has 0 saturated carbocycles. The second-order valence-electron chi connectivity index (χ2n) is 4.56. The number of aromatic nitrogens is 1. The molecule has 5 heteroatoms. The predicted molar refractivity (Wildman–Crippen MR) is 72.2 cm³/mol. The summed E-state index contributed by atoms with van der Waals surface area (Å²) in [6.07, 6.45) is 0. The zero-order valence-corrected chi connectivity index (χ0v) is 11.2. The molecule has 0 aliphatic rings. The Morgan fingerprint density at radius 1 is 1.39 bits per heavy atom. The van der Waals surface area contributed by atoms with Gasteiger partial charge in [-0.15, -0.1) is 0 Å². The lowest BCUT2D eigenvalue weighted by Crippen LogP contribution is -1.97. The Labute approximate surface area is 110 Å². The number of pyridine rings is 1. The number of nitro benzene ring substituents is 1. The van der Waals surface area contributed by atoms with Crippen LogP contribution in [0.25, 0.3) is 10.9 Å². The number of benzene rings is 1. The molecule has 0 fully saturated rings. The molecule has 0 atom stereocenters. The van der Waals surface area contributed by atoms with Crippen LogP contribution in [0, 0.1) is 17.0 Å². The Bertz CT molecular complexity index is 638. The van der Waals surface area contributed by atoms with Crippen LogP contribution in [-0.2, 0) is 0 Å². The predicted octanol–water partition coefficient (Wildman–Crippen LogP) is 4.23. The number of rotatable bonds is 2. The summed E-state index contributed by atoms with van der Waals surface area (Å²) in [5.74, 6) is 0.268. The summed E-state index contributed by atoms with van der Waals surface area (Å²) >= 11 is 6.12. The van der Waals surface area contributed by atoms with Gasteiger partial charge in [-0.3, -0.25) is 10.1 Å². The molecule has 1 aromatic carbocycles. The third kappa shape index (κ3) is 2.04. The monoisotopic (exact) mass is 264 g/mol. The highest BCUT2D eigenvalue weighted by Gasteiger charge is 2.16. The highest BCUT2D eigenvalue weighted by molar-refractivity contribution is 6.30. The maximum absolute atomic E-state index is 10.9. The van der Waals surface area contributed by atoms with E-state index < -0.39 is 4.92 Å². The zero-order valence-electron chi connectivity index (χ0n) is 10.4. The maximum atomic E-state index is 10.9. The van der Waals surface area contributed by atoms with E-state index in [9.17, 15) is 10.1 Å². The normalized spacial score (nSPS) is 11.2. The van der Waals surface area contributed by atoms with E-state index >= 15 is 0 Å². The summed E-state index contributed by atoms with van der Waals surface area (Å²) in [6.45, 7) is 5.76. The van der Waals surface area contributed by atoms with Gasteiger partial charge in [-0.2, -0.15) is 0 Å². The number of nitro groups is 1. The van der Waals surface area contributed by atoms with E-state index in [0.29, 0.717) is 16.2 Å². The van der Waals surface area contributed by atoms with Crippen molar-refractivity contribution >= 4 is 28.2 Å². The van der Waals surface area contributed by atoms with Crippen LogP contribution in [0.4, 0.5) is 5.69 Å². The van der Waals surface area contributed by atoms with Gasteiger partial charge >= 0.3 is 0 Å². The van der Waals surface area contributed by atoms with Crippen molar-refractivity contribution in [2.45, 2.75) is 26.7 Å². The molecule has 1 heterocycles. The minimum Gasteiger partial charge on any atom is -0.258 e. The Hall–Kier alpha value is -1.68. The van der Waals surface area contributed by atoms with Crippen LogP contribution in [0.1, 0.15) is 30.9 Å². The summed E-state index contributed by atoms with van der Waals surface area (Å²) in [6, 6.07) is 5.18. The number of hydrogen-bond acceptors (Lipinski definition) is 3. The van der Waals surface area contributed by atoms with Gasteiger partial charge in [-0.05, 0) is 30.5 Å². The van der Waals surface area contributed by atoms with E-state index in [4.69, 9.17) is 11.6 Å². The van der Waals surface area contributed by atoms with Gasteiger partial charge in [0.2, 0.25) is 0 Å². The molecule has 0 aliphatic heterocycles. The lowest BCUT2D eigenvalue weighted by Gasteiger charge is -2.10. The molecule has 0 saturated heterocycles. The highest BCUT2D eigenvalue weighted by Crippen LogP contribution is 2.31. The highest BCUT2D eigenvalue weighted by atomic mass is 35.5. The van der Waals surface area contributed by atoms with Gasteiger partial charge in [0.15, 0.2) is 0 Å². The van der Waals surface area contributed by atoms with Gasteiger partial charge in [-0.1, -0.05) is 25.4 Å². The van der Waals surface area contributed by atoms with E-state index in [-0.39, 0.29) is 11.6 Å². The van der Waals surface area contributed by atoms with E-state index in [1.165, 1.54) is 6.07 Å². The second-order valence-corrected chi connectivity index (χ2v) is 4.92. The van der Waals surface area contributed by atoms with Crippen LogP contribution in [0.5, 0.6) is 0 Å². The lowest BCUT2D eigenvalue weighted by molar-refractivity contribution is -0.385. The molecule has 1 aromatic heterocycles. The maximum Gasteiger partial charge on any atom is 0.274 e. The van der Waals surface area contributed by atoms with Gasteiger partial charge in [0, 0.05) is 11.5 Å². The first kappa shape index (κ1) is 12.8.